The molecule has 146 heavy (non-hydrogen) atoms. The number of methoxy groups -OCH3 is 3. The minimum atomic E-state index is -1.15. The molecule has 6 aromatic rings. The van der Waals surface area contributed by atoms with E-state index < -0.39 is 159 Å². The van der Waals surface area contributed by atoms with Gasteiger partial charge in [-0.15, -0.1) is 0 Å². The number of aromatic nitrogens is 6. The Morgan fingerprint density at radius 3 is 1.01 bits per heavy atom. The van der Waals surface area contributed by atoms with Crippen LogP contribution in [0.3, 0.4) is 0 Å². The highest BCUT2D eigenvalue weighted by atomic mass is 16.6. The standard InChI is InChI=1S/C38H54N4O8.C38H52N4O8.C34H46N4O8/c2*1-22-31-21-42(33(22)36(46)50-38(6,7)8)35(45)25(37(3,4)5)20-32(44)48-30-17-18-41(23(2)43)29(30)14-12-10-11-13-27-34(49-31)40-28-19-24(47-9)15-16-26(28)39-27;1-19-28-18-38(30(19)33(42)43)32(41)22(34(3,4)5)17-29(40)45-27-14-15-37(20(2)39)26(27)11-9-7-8-10-24-31(46-28)36-25-16-21(44-6)12-13-23(25)35-24/h15-16,19,22,25,29-31,33H,10-14,17-18,20-21H2,1-9H3;11,13,15-16,19,22,25,29-31,33H,10,12,14,17-18,20-21H2,1-9H3;12-13,16,19,22,26-28,30H,7-11,14-15,17-18H2,1-6H3,(H,42,43)/b;13-11+;/t2*22-,25-,29+,30-,31+,33+;19-,22-,26+,27-,28+,30+/m111/s1. The second-order valence-electron chi connectivity index (χ2n) is 45.9. The van der Waals surface area contributed by atoms with Crippen LogP contribution in [0, 0.1) is 51.8 Å². The van der Waals surface area contributed by atoms with Gasteiger partial charge in [0.15, 0.2) is 0 Å². The van der Waals surface area contributed by atoms with E-state index in [0.29, 0.717) is 157 Å². The van der Waals surface area contributed by atoms with Gasteiger partial charge in [-0.25, -0.2) is 44.3 Å². The van der Waals surface area contributed by atoms with Gasteiger partial charge in [-0.2, -0.15) is 0 Å². The maximum atomic E-state index is 14.6. The molecule has 9 aliphatic heterocycles. The highest BCUT2D eigenvalue weighted by molar-refractivity contribution is 5.93. The molecule has 0 radical (unpaired) electrons. The number of fused-ring (bicyclic) bond motifs is 15. The number of carbonyl (C=O) groups excluding carboxylic acids is 11. The molecule has 6 fully saturated rings. The predicted molar refractivity (Wildman–Crippen MR) is 542 cm³/mol. The van der Waals surface area contributed by atoms with E-state index in [1.807, 2.05) is 125 Å². The normalized spacial score (nSPS) is 27.5. The van der Waals surface area contributed by atoms with Gasteiger partial charge in [0.05, 0.1) is 129 Å². The van der Waals surface area contributed by atoms with E-state index in [4.69, 9.17) is 82.0 Å². The summed E-state index contributed by atoms with van der Waals surface area (Å²) >= 11 is 0. The smallest absolute Gasteiger partial charge is 0.329 e. The van der Waals surface area contributed by atoms with Crippen LogP contribution in [0.1, 0.15) is 272 Å². The fourth-order valence-corrected chi connectivity index (χ4v) is 21.8. The third-order valence-electron chi connectivity index (χ3n) is 29.9. The first kappa shape index (κ1) is 111. The number of benzene rings is 3. The molecule has 6 bridgehead atoms. The Bertz CT molecular complexity index is 5840. The molecule has 0 spiro atoms. The zero-order valence-electron chi connectivity index (χ0n) is 89.6. The molecule has 18 atom stereocenters. The maximum Gasteiger partial charge on any atom is 0.329 e. The molecule has 3 aromatic heterocycles. The molecule has 3 aromatic carbocycles. The molecule has 6 saturated heterocycles. The second-order valence-corrected chi connectivity index (χ2v) is 45.9. The largest absolute Gasteiger partial charge is 0.497 e. The Balaban J connectivity index is 0.000000183. The van der Waals surface area contributed by atoms with Crippen LogP contribution in [0.15, 0.2) is 60.7 Å². The number of rotatable bonds is 6. The number of esters is 5. The summed E-state index contributed by atoms with van der Waals surface area (Å²) in [4.78, 5) is 201. The van der Waals surface area contributed by atoms with Crippen molar-refractivity contribution in [3.63, 3.8) is 0 Å². The number of carbonyl (C=O) groups is 12. The Labute approximate surface area is 856 Å². The van der Waals surface area contributed by atoms with E-state index in [-0.39, 0.29) is 92.4 Å². The average molecular weight is 2030 g/mol. The lowest BCUT2D eigenvalue weighted by molar-refractivity contribution is -0.167. The van der Waals surface area contributed by atoms with Gasteiger partial charge in [0.25, 0.3) is 0 Å². The van der Waals surface area contributed by atoms with Gasteiger partial charge in [0.1, 0.15) is 100 Å². The predicted octanol–water partition coefficient (Wildman–Crippen LogP) is 14.7. The van der Waals surface area contributed by atoms with E-state index >= 15 is 0 Å². The number of aliphatic carboxylic acids is 1. The van der Waals surface area contributed by atoms with Crippen LogP contribution in [-0.2, 0) is 94.1 Å². The van der Waals surface area contributed by atoms with Crippen LogP contribution in [0.25, 0.3) is 39.2 Å². The summed E-state index contributed by atoms with van der Waals surface area (Å²) in [5.41, 5.74) is 2.13. The number of ether oxygens (including phenoxy) is 11. The molecule has 6 amide bonds. The third kappa shape index (κ3) is 26.5. The van der Waals surface area contributed by atoms with E-state index in [0.717, 1.165) is 44.9 Å². The summed E-state index contributed by atoms with van der Waals surface area (Å²) in [7, 11) is 4.75. The number of hydrogen-bond donors (Lipinski definition) is 1. The van der Waals surface area contributed by atoms with Crippen LogP contribution < -0.4 is 28.4 Å². The number of likely N-dealkylation sites (tertiary alicyclic amines) is 3. The minimum Gasteiger partial charge on any atom is -0.497 e. The van der Waals surface area contributed by atoms with Gasteiger partial charge < -0.3 is 86.6 Å². The highest BCUT2D eigenvalue weighted by Gasteiger charge is 2.57. The zero-order chi connectivity index (χ0) is 106. The first-order chi connectivity index (χ1) is 68.7. The molecule has 0 saturated carbocycles. The lowest BCUT2D eigenvalue weighted by Gasteiger charge is -2.35. The summed E-state index contributed by atoms with van der Waals surface area (Å²) in [5, 5.41) is 10.3. The van der Waals surface area contributed by atoms with Crippen molar-refractivity contribution >= 4 is 110 Å². The van der Waals surface area contributed by atoms with Crippen molar-refractivity contribution in [2.24, 2.45) is 51.8 Å². The van der Waals surface area contributed by atoms with Crippen molar-refractivity contribution in [2.75, 3.05) is 60.6 Å². The van der Waals surface area contributed by atoms with Gasteiger partial charge in [0.2, 0.25) is 53.1 Å². The summed E-state index contributed by atoms with van der Waals surface area (Å²) in [6.07, 6.45) is 11.2. The Kier molecular flexibility index (Phi) is 35.1. The summed E-state index contributed by atoms with van der Waals surface area (Å²) in [6, 6.07) is 12.6. The van der Waals surface area contributed by atoms with Crippen LogP contribution in [0.5, 0.6) is 34.9 Å². The zero-order valence-corrected chi connectivity index (χ0v) is 89.6. The molecule has 796 valence electrons. The van der Waals surface area contributed by atoms with Crippen LogP contribution in [0.2, 0.25) is 0 Å². The lowest BCUT2D eigenvalue weighted by atomic mass is 9.77. The number of nitrogens with zero attached hydrogens (tertiary/aromatic N) is 12. The molecule has 9 aliphatic rings. The van der Waals surface area contributed by atoms with E-state index in [1.165, 1.54) is 28.5 Å². The number of carboxylic acids is 1. The molecule has 12 heterocycles. The molecule has 36 heteroatoms. The van der Waals surface area contributed by atoms with Crippen LogP contribution in [-0.4, -0.2) is 280 Å². The van der Waals surface area contributed by atoms with E-state index in [9.17, 15) is 62.6 Å². The topological polar surface area (TPSA) is 423 Å². The van der Waals surface area contributed by atoms with Crippen LogP contribution in [0.4, 0.5) is 0 Å². The fourth-order valence-electron chi connectivity index (χ4n) is 21.8. The molecular weight excluding hydrogens is 1870 g/mol. The average Bonchev–Trinajstić information content (AvgIpc) is 1.63. The van der Waals surface area contributed by atoms with Gasteiger partial charge in [-0.3, -0.25) is 43.2 Å². The molecule has 36 nitrogen and oxygen atoms in total. The van der Waals surface area contributed by atoms with Crippen molar-refractivity contribution in [3.8, 4) is 34.9 Å². The fraction of sp³-hybridized carbons (Fsp3) is 0.655. The molecular formula is C110H152N12O24. The Morgan fingerprint density at radius 1 is 0.370 bits per heavy atom. The van der Waals surface area contributed by atoms with E-state index in [1.54, 1.807) is 110 Å². The quantitative estimate of drug-likeness (QED) is 0.119. The second kappa shape index (κ2) is 46.1. The molecule has 15 rings (SSSR count). The number of carboxylic acid groups (broad SMARTS) is 1. The van der Waals surface area contributed by atoms with E-state index in [2.05, 4.69) is 0 Å². The van der Waals surface area contributed by atoms with Gasteiger partial charge in [-0.05, 0) is 158 Å². The summed E-state index contributed by atoms with van der Waals surface area (Å²) < 4.78 is 65.8. The van der Waals surface area contributed by atoms with Crippen molar-refractivity contribution < 1.29 is 115 Å². The van der Waals surface area contributed by atoms with Gasteiger partial charge >= 0.3 is 35.8 Å². The number of amides is 6. The van der Waals surface area contributed by atoms with Crippen molar-refractivity contribution in [2.45, 2.75) is 351 Å². The van der Waals surface area contributed by atoms with Gasteiger partial charge in [-0.1, -0.05) is 115 Å². The number of allylic oxidation sites excluding steroid dienone is 1. The molecule has 0 aliphatic carbocycles. The van der Waals surface area contributed by atoms with Crippen molar-refractivity contribution in [1.29, 1.82) is 0 Å². The maximum absolute atomic E-state index is 14.6. The summed E-state index contributed by atoms with van der Waals surface area (Å²) in [6.45, 7) is 39.6. The minimum absolute atomic E-state index is 0.0220. The molecule has 0 unspecified atom stereocenters. The number of hydrogen-bond acceptors (Lipinski definition) is 29. The monoisotopic (exact) mass is 2030 g/mol. The molecule has 1 N–H and O–H groups in total. The van der Waals surface area contributed by atoms with Crippen LogP contribution >= 0.6 is 0 Å². The summed E-state index contributed by atoms with van der Waals surface area (Å²) in [5.74, 6) is -6.15. The van der Waals surface area contributed by atoms with Crippen molar-refractivity contribution in [3.05, 3.63) is 77.8 Å². The van der Waals surface area contributed by atoms with Crippen molar-refractivity contribution in [1.82, 2.24) is 59.3 Å². The highest BCUT2D eigenvalue weighted by Crippen LogP contribution is 2.45. The lowest BCUT2D eigenvalue weighted by Crippen LogP contribution is -2.50. The van der Waals surface area contributed by atoms with Gasteiger partial charge in [0, 0.05) is 95.6 Å². The Hall–Kier alpha value is -12.1. The number of aryl methyl sites for hydroxylation is 2. The Morgan fingerprint density at radius 2 is 0.685 bits per heavy atom. The SMILES string of the molecule is COc1ccc2nc3c(nc2c1)O[C@H]1CN(C(=O)[C@H](C(C)(C)C)CC(=O)O[C@@H]2CCN(C(C)=O)[C@H]2CCC/C=C/3)[C@H](C(=O)OC(C)(C)C)[C@@H]1C.COc1ccc2nc3c(nc2c1)O[C@H]1CN(C(=O)[C@H](C(C)(C)C)CC(=O)O[C@@H]2CCN(C(C)=O)[C@H]2CCCCC3)[C@H](C(=O)O)[C@@H]1C.COc1ccc2nc3c(nc2c1)O[C@H]1CN(C(=O)[C@H](C(C)(C)C)CC(=O)O[C@@H]2CCN(C(C)=O)[C@H]2CCCCC3)[C@H](C(=O)OC(C)(C)C)[C@@H]1C. The first-order valence-corrected chi connectivity index (χ1v) is 51.9. The first-order valence-electron chi connectivity index (χ1n) is 51.9. The third-order valence-corrected chi connectivity index (χ3v) is 29.9.